The van der Waals surface area contributed by atoms with Crippen LogP contribution in [0.15, 0.2) is 24.3 Å². The molecule has 22 heavy (non-hydrogen) atoms. The summed E-state index contributed by atoms with van der Waals surface area (Å²) in [7, 11) is 0. The zero-order chi connectivity index (χ0) is 15.1. The molecule has 1 fully saturated rings. The highest BCUT2D eigenvalue weighted by Crippen LogP contribution is 2.26. The fraction of sp³-hybridized carbons (Fsp3) is 0.588. The Morgan fingerprint density at radius 3 is 2.86 bits per heavy atom. The van der Waals surface area contributed by atoms with Gasteiger partial charge in [-0.05, 0) is 37.3 Å². The van der Waals surface area contributed by atoms with Crippen molar-refractivity contribution in [2.24, 2.45) is 11.7 Å². The average molecular weight is 327 g/mol. The topological polar surface area (TPSA) is 64.3 Å². The van der Waals surface area contributed by atoms with Gasteiger partial charge in [-0.1, -0.05) is 25.8 Å². The van der Waals surface area contributed by atoms with Crippen molar-refractivity contribution in [1.29, 1.82) is 0 Å². The summed E-state index contributed by atoms with van der Waals surface area (Å²) in [6.45, 7) is 2.76. The Morgan fingerprint density at radius 2 is 2.14 bits per heavy atom. The van der Waals surface area contributed by atoms with Crippen LogP contribution in [0.2, 0.25) is 0 Å². The van der Waals surface area contributed by atoms with Gasteiger partial charge < -0.3 is 15.8 Å². The molecule has 0 aromatic heterocycles. The predicted octanol–water partition coefficient (Wildman–Crippen LogP) is 3.74. The van der Waals surface area contributed by atoms with Crippen LogP contribution >= 0.6 is 12.4 Å². The van der Waals surface area contributed by atoms with Crippen LogP contribution < -0.4 is 15.8 Å². The lowest BCUT2D eigenvalue weighted by molar-refractivity contribution is -0.117. The van der Waals surface area contributed by atoms with Crippen LogP contribution in [0.25, 0.3) is 0 Å². The first-order valence-electron chi connectivity index (χ1n) is 7.97. The van der Waals surface area contributed by atoms with Crippen LogP contribution in [0.4, 0.5) is 5.69 Å². The Kier molecular flexibility index (Phi) is 8.28. The summed E-state index contributed by atoms with van der Waals surface area (Å²) in [5.41, 5.74) is 6.89. The summed E-state index contributed by atoms with van der Waals surface area (Å²) < 4.78 is 5.57. The molecule has 2 atom stereocenters. The van der Waals surface area contributed by atoms with Crippen molar-refractivity contribution in [1.82, 2.24) is 0 Å². The molecule has 2 rings (SSSR count). The van der Waals surface area contributed by atoms with Gasteiger partial charge in [0.25, 0.3) is 0 Å². The maximum absolute atomic E-state index is 12.1. The largest absolute Gasteiger partial charge is 0.494 e. The number of halogens is 1. The van der Waals surface area contributed by atoms with Crippen molar-refractivity contribution in [3.8, 4) is 5.75 Å². The first-order chi connectivity index (χ1) is 10.2. The summed E-state index contributed by atoms with van der Waals surface area (Å²) in [4.78, 5) is 12.1. The first kappa shape index (κ1) is 18.8. The molecule has 0 spiro atoms. The SMILES string of the molecule is CCCOc1cccc(NC(=O)CC2CCCCC2N)c1.Cl. The van der Waals surface area contributed by atoms with Gasteiger partial charge in [-0.3, -0.25) is 4.79 Å². The fourth-order valence-electron chi connectivity index (χ4n) is 2.82. The van der Waals surface area contributed by atoms with Gasteiger partial charge in [0, 0.05) is 24.2 Å². The molecule has 0 bridgehead atoms. The minimum Gasteiger partial charge on any atom is -0.494 e. The first-order valence-corrected chi connectivity index (χ1v) is 7.97. The number of carbonyl (C=O) groups is 1. The minimum atomic E-state index is 0. The number of rotatable bonds is 6. The van der Waals surface area contributed by atoms with E-state index in [0.717, 1.165) is 30.7 Å². The molecule has 2 unspecified atom stereocenters. The van der Waals surface area contributed by atoms with Crippen LogP contribution in [0, 0.1) is 5.92 Å². The Labute approximate surface area is 139 Å². The normalized spacial score (nSPS) is 20.8. The van der Waals surface area contributed by atoms with Gasteiger partial charge in [0.1, 0.15) is 5.75 Å². The smallest absolute Gasteiger partial charge is 0.224 e. The van der Waals surface area contributed by atoms with Gasteiger partial charge in [0.2, 0.25) is 5.91 Å². The molecular weight excluding hydrogens is 300 g/mol. The van der Waals surface area contributed by atoms with E-state index in [9.17, 15) is 4.79 Å². The molecule has 4 nitrogen and oxygen atoms in total. The second-order valence-corrected chi connectivity index (χ2v) is 5.84. The van der Waals surface area contributed by atoms with Gasteiger partial charge in [-0.15, -0.1) is 12.4 Å². The molecule has 0 saturated heterocycles. The van der Waals surface area contributed by atoms with E-state index in [1.807, 2.05) is 24.3 Å². The van der Waals surface area contributed by atoms with E-state index < -0.39 is 0 Å². The number of carbonyl (C=O) groups excluding carboxylic acids is 1. The second kappa shape index (κ2) is 9.70. The van der Waals surface area contributed by atoms with Crippen LogP contribution in [0.5, 0.6) is 5.75 Å². The zero-order valence-corrected chi connectivity index (χ0v) is 14.0. The standard InChI is InChI=1S/C17H26N2O2.ClH/c1-2-10-21-15-8-5-7-14(12-15)19-17(20)11-13-6-3-4-9-16(13)18;/h5,7-8,12-13,16H,2-4,6,9-11,18H2,1H3,(H,19,20);1H. The molecule has 1 aliphatic carbocycles. The molecule has 1 aromatic carbocycles. The van der Waals surface area contributed by atoms with E-state index >= 15 is 0 Å². The molecular formula is C17H27ClN2O2. The summed E-state index contributed by atoms with van der Waals surface area (Å²) in [6.07, 6.45) is 5.96. The number of nitrogens with one attached hydrogen (secondary N) is 1. The van der Waals surface area contributed by atoms with Crippen molar-refractivity contribution in [3.63, 3.8) is 0 Å². The highest BCUT2D eigenvalue weighted by atomic mass is 35.5. The van der Waals surface area contributed by atoms with E-state index in [4.69, 9.17) is 10.5 Å². The Hall–Kier alpha value is -1.26. The number of benzene rings is 1. The van der Waals surface area contributed by atoms with E-state index in [1.54, 1.807) is 0 Å². The lowest BCUT2D eigenvalue weighted by Crippen LogP contribution is -2.35. The van der Waals surface area contributed by atoms with Crippen molar-refractivity contribution in [2.45, 2.75) is 51.5 Å². The van der Waals surface area contributed by atoms with Gasteiger partial charge >= 0.3 is 0 Å². The molecule has 3 N–H and O–H groups in total. The third kappa shape index (κ3) is 5.85. The fourth-order valence-corrected chi connectivity index (χ4v) is 2.82. The Morgan fingerprint density at radius 1 is 1.36 bits per heavy atom. The lowest BCUT2D eigenvalue weighted by atomic mass is 9.83. The van der Waals surface area contributed by atoms with Crippen molar-refractivity contribution in [3.05, 3.63) is 24.3 Å². The van der Waals surface area contributed by atoms with E-state index in [0.29, 0.717) is 18.9 Å². The maximum Gasteiger partial charge on any atom is 0.224 e. The third-order valence-electron chi connectivity index (χ3n) is 4.01. The van der Waals surface area contributed by atoms with E-state index in [1.165, 1.54) is 12.8 Å². The van der Waals surface area contributed by atoms with E-state index in [-0.39, 0.29) is 24.4 Å². The number of ether oxygens (including phenoxy) is 1. The van der Waals surface area contributed by atoms with Gasteiger partial charge in [0.15, 0.2) is 0 Å². The highest BCUT2D eigenvalue weighted by molar-refractivity contribution is 5.91. The third-order valence-corrected chi connectivity index (χ3v) is 4.01. The summed E-state index contributed by atoms with van der Waals surface area (Å²) in [6, 6.07) is 7.73. The average Bonchev–Trinajstić information content (AvgIpc) is 2.48. The van der Waals surface area contributed by atoms with Crippen molar-refractivity contribution in [2.75, 3.05) is 11.9 Å². The van der Waals surface area contributed by atoms with Gasteiger partial charge in [-0.2, -0.15) is 0 Å². The van der Waals surface area contributed by atoms with Crippen LogP contribution in [0.3, 0.4) is 0 Å². The molecule has 5 heteroatoms. The number of hydrogen-bond acceptors (Lipinski definition) is 3. The monoisotopic (exact) mass is 326 g/mol. The molecule has 1 aromatic rings. The van der Waals surface area contributed by atoms with Crippen molar-refractivity contribution >= 4 is 24.0 Å². The van der Waals surface area contributed by atoms with E-state index in [2.05, 4.69) is 12.2 Å². The Balaban J connectivity index is 0.00000242. The summed E-state index contributed by atoms with van der Waals surface area (Å²) in [5, 5.41) is 2.95. The predicted molar refractivity (Wildman–Crippen MR) is 92.7 cm³/mol. The number of hydrogen-bond donors (Lipinski definition) is 2. The zero-order valence-electron chi connectivity index (χ0n) is 13.2. The van der Waals surface area contributed by atoms with Gasteiger partial charge in [0.05, 0.1) is 6.61 Å². The summed E-state index contributed by atoms with van der Waals surface area (Å²) >= 11 is 0. The van der Waals surface area contributed by atoms with Gasteiger partial charge in [-0.25, -0.2) is 0 Å². The molecule has 1 aliphatic rings. The number of nitrogens with two attached hydrogens (primary N) is 1. The second-order valence-electron chi connectivity index (χ2n) is 5.84. The van der Waals surface area contributed by atoms with Crippen molar-refractivity contribution < 1.29 is 9.53 Å². The lowest BCUT2D eigenvalue weighted by Gasteiger charge is -2.27. The minimum absolute atomic E-state index is 0. The molecule has 0 aliphatic heterocycles. The molecule has 0 radical (unpaired) electrons. The number of amides is 1. The maximum atomic E-state index is 12.1. The highest BCUT2D eigenvalue weighted by Gasteiger charge is 2.24. The molecule has 0 heterocycles. The summed E-state index contributed by atoms with van der Waals surface area (Å²) in [5.74, 6) is 1.16. The Bertz CT molecular complexity index is 468. The number of anilines is 1. The van der Waals surface area contributed by atoms with Crippen LogP contribution in [-0.2, 0) is 4.79 Å². The molecule has 124 valence electrons. The quantitative estimate of drug-likeness (QED) is 0.837. The molecule has 1 amide bonds. The van der Waals surface area contributed by atoms with Crippen LogP contribution in [-0.4, -0.2) is 18.6 Å². The molecule has 1 saturated carbocycles. The van der Waals surface area contributed by atoms with Crippen LogP contribution in [0.1, 0.15) is 45.4 Å².